The van der Waals surface area contributed by atoms with Crippen molar-refractivity contribution in [3.8, 4) is 0 Å². The van der Waals surface area contributed by atoms with E-state index in [4.69, 9.17) is 0 Å². The Morgan fingerprint density at radius 1 is 1.14 bits per heavy atom. The van der Waals surface area contributed by atoms with E-state index in [1.807, 2.05) is 0 Å². The zero-order chi connectivity index (χ0) is 9.80. The highest BCUT2D eigenvalue weighted by molar-refractivity contribution is 4.78. The van der Waals surface area contributed by atoms with Gasteiger partial charge in [-0.05, 0) is 52.4 Å². The van der Waals surface area contributed by atoms with Crippen LogP contribution in [0.25, 0.3) is 0 Å². The first-order chi connectivity index (χ1) is 6.86. The maximum absolute atomic E-state index is 3.58. The molecule has 1 unspecified atom stereocenters. The second-order valence-corrected chi connectivity index (χ2v) is 4.71. The zero-order valence-electron chi connectivity index (χ0n) is 9.34. The largest absolute Gasteiger partial charge is 0.303 e. The molecule has 0 radical (unpaired) electrons. The first kappa shape index (κ1) is 10.4. The van der Waals surface area contributed by atoms with Crippen LogP contribution in [0, 0.1) is 0 Å². The van der Waals surface area contributed by atoms with Gasteiger partial charge in [-0.2, -0.15) is 0 Å². The number of rotatable bonds is 4. The Kier molecular flexibility index (Phi) is 3.79. The first-order valence-corrected chi connectivity index (χ1v) is 5.99. The molecule has 0 aliphatic carbocycles. The van der Waals surface area contributed by atoms with Crippen LogP contribution in [0.2, 0.25) is 0 Å². The quantitative estimate of drug-likeness (QED) is 0.716. The molecule has 2 saturated heterocycles. The standard InChI is InChI=1S/C11H23N3/c1-13-6-4-5-11(13)9-12-10-14-7-2-3-8-14/h11-12H,2-10H2,1H3. The van der Waals surface area contributed by atoms with Gasteiger partial charge < -0.3 is 10.2 Å². The monoisotopic (exact) mass is 197 g/mol. The smallest absolute Gasteiger partial charge is 0.0480 e. The van der Waals surface area contributed by atoms with Crippen molar-refractivity contribution in [3.63, 3.8) is 0 Å². The summed E-state index contributed by atoms with van der Waals surface area (Å²) in [5.74, 6) is 0. The van der Waals surface area contributed by atoms with Crippen molar-refractivity contribution in [2.75, 3.05) is 39.9 Å². The number of likely N-dealkylation sites (tertiary alicyclic amines) is 2. The second kappa shape index (κ2) is 5.10. The molecule has 14 heavy (non-hydrogen) atoms. The number of likely N-dealkylation sites (N-methyl/N-ethyl adjacent to an activating group) is 1. The summed E-state index contributed by atoms with van der Waals surface area (Å²) < 4.78 is 0. The van der Waals surface area contributed by atoms with Crippen molar-refractivity contribution in [2.24, 2.45) is 0 Å². The number of nitrogens with zero attached hydrogens (tertiary/aromatic N) is 2. The zero-order valence-corrected chi connectivity index (χ0v) is 9.34. The molecule has 2 heterocycles. The fraction of sp³-hybridized carbons (Fsp3) is 1.00. The van der Waals surface area contributed by atoms with Gasteiger partial charge in [0.05, 0.1) is 0 Å². The molecule has 1 atom stereocenters. The molecule has 3 nitrogen and oxygen atoms in total. The lowest BCUT2D eigenvalue weighted by molar-refractivity contribution is 0.262. The Morgan fingerprint density at radius 3 is 2.57 bits per heavy atom. The molecule has 2 aliphatic heterocycles. The summed E-state index contributed by atoms with van der Waals surface area (Å²) in [6.45, 7) is 6.16. The Morgan fingerprint density at radius 2 is 1.93 bits per heavy atom. The SMILES string of the molecule is CN1CCCC1CNCN1CCCC1. The average Bonchev–Trinajstić information content (AvgIpc) is 2.78. The summed E-state index contributed by atoms with van der Waals surface area (Å²) in [5.41, 5.74) is 0. The van der Waals surface area contributed by atoms with Gasteiger partial charge in [-0.25, -0.2) is 0 Å². The highest BCUT2D eigenvalue weighted by Gasteiger charge is 2.20. The van der Waals surface area contributed by atoms with Gasteiger partial charge in [0.1, 0.15) is 0 Å². The Balaban J connectivity index is 1.57. The molecule has 0 bridgehead atoms. The minimum atomic E-state index is 0.789. The van der Waals surface area contributed by atoms with Gasteiger partial charge in [-0.3, -0.25) is 4.90 Å². The first-order valence-electron chi connectivity index (χ1n) is 5.99. The molecule has 0 aromatic carbocycles. The molecule has 0 spiro atoms. The lowest BCUT2D eigenvalue weighted by Crippen LogP contribution is -2.40. The van der Waals surface area contributed by atoms with E-state index in [-0.39, 0.29) is 0 Å². The average molecular weight is 197 g/mol. The molecule has 2 rings (SSSR count). The summed E-state index contributed by atoms with van der Waals surface area (Å²) in [6.07, 6.45) is 5.55. The van der Waals surface area contributed by atoms with Crippen molar-refractivity contribution in [1.82, 2.24) is 15.1 Å². The van der Waals surface area contributed by atoms with Gasteiger partial charge in [-0.15, -0.1) is 0 Å². The van der Waals surface area contributed by atoms with E-state index in [2.05, 4.69) is 22.2 Å². The summed E-state index contributed by atoms with van der Waals surface area (Å²) >= 11 is 0. The van der Waals surface area contributed by atoms with Crippen molar-refractivity contribution >= 4 is 0 Å². The molecular formula is C11H23N3. The summed E-state index contributed by atoms with van der Waals surface area (Å²) in [4.78, 5) is 5.01. The summed E-state index contributed by atoms with van der Waals surface area (Å²) in [6, 6.07) is 0.789. The van der Waals surface area contributed by atoms with Crippen molar-refractivity contribution in [2.45, 2.75) is 31.7 Å². The van der Waals surface area contributed by atoms with Crippen LogP contribution in [-0.2, 0) is 0 Å². The molecular weight excluding hydrogens is 174 g/mol. The van der Waals surface area contributed by atoms with Crippen molar-refractivity contribution in [1.29, 1.82) is 0 Å². The molecule has 3 heteroatoms. The predicted molar refractivity (Wildman–Crippen MR) is 59.3 cm³/mol. The molecule has 2 aliphatic rings. The van der Waals surface area contributed by atoms with E-state index in [1.54, 1.807) is 0 Å². The van der Waals surface area contributed by atoms with Gasteiger partial charge in [0, 0.05) is 19.3 Å². The van der Waals surface area contributed by atoms with Crippen LogP contribution < -0.4 is 5.32 Å². The van der Waals surface area contributed by atoms with Crippen LogP contribution in [0.15, 0.2) is 0 Å². The van der Waals surface area contributed by atoms with Gasteiger partial charge in [0.2, 0.25) is 0 Å². The van der Waals surface area contributed by atoms with E-state index in [1.165, 1.54) is 51.9 Å². The van der Waals surface area contributed by atoms with Crippen molar-refractivity contribution in [3.05, 3.63) is 0 Å². The predicted octanol–water partition coefficient (Wildman–Crippen LogP) is 0.723. The fourth-order valence-electron chi connectivity index (χ4n) is 2.57. The van der Waals surface area contributed by atoms with Crippen LogP contribution in [-0.4, -0.2) is 55.7 Å². The van der Waals surface area contributed by atoms with Gasteiger partial charge in [-0.1, -0.05) is 0 Å². The van der Waals surface area contributed by atoms with Gasteiger partial charge >= 0.3 is 0 Å². The highest BCUT2D eigenvalue weighted by atomic mass is 15.2. The number of hydrogen-bond donors (Lipinski definition) is 1. The van der Waals surface area contributed by atoms with Crippen LogP contribution >= 0.6 is 0 Å². The maximum atomic E-state index is 3.58. The molecule has 0 aromatic heterocycles. The number of nitrogens with one attached hydrogen (secondary N) is 1. The normalized spacial score (nSPS) is 30.2. The van der Waals surface area contributed by atoms with E-state index in [9.17, 15) is 0 Å². The van der Waals surface area contributed by atoms with Crippen LogP contribution in [0.5, 0.6) is 0 Å². The van der Waals surface area contributed by atoms with Crippen LogP contribution in [0.4, 0.5) is 0 Å². The van der Waals surface area contributed by atoms with E-state index in [0.29, 0.717) is 0 Å². The molecule has 82 valence electrons. The lowest BCUT2D eigenvalue weighted by atomic mass is 10.2. The number of hydrogen-bond acceptors (Lipinski definition) is 3. The minimum Gasteiger partial charge on any atom is -0.303 e. The Labute approximate surface area is 87.4 Å². The lowest BCUT2D eigenvalue weighted by Gasteiger charge is -2.22. The fourth-order valence-corrected chi connectivity index (χ4v) is 2.57. The van der Waals surface area contributed by atoms with Gasteiger partial charge in [0.25, 0.3) is 0 Å². The summed E-state index contributed by atoms with van der Waals surface area (Å²) in [5, 5.41) is 3.58. The third-order valence-corrected chi connectivity index (χ3v) is 3.59. The topological polar surface area (TPSA) is 18.5 Å². The van der Waals surface area contributed by atoms with Crippen LogP contribution in [0.1, 0.15) is 25.7 Å². The van der Waals surface area contributed by atoms with E-state index >= 15 is 0 Å². The van der Waals surface area contributed by atoms with E-state index in [0.717, 1.165) is 12.7 Å². The third-order valence-electron chi connectivity index (χ3n) is 3.59. The maximum Gasteiger partial charge on any atom is 0.0480 e. The Hall–Kier alpha value is -0.120. The highest BCUT2D eigenvalue weighted by Crippen LogP contribution is 2.13. The second-order valence-electron chi connectivity index (χ2n) is 4.71. The minimum absolute atomic E-state index is 0.789. The molecule has 1 N–H and O–H groups in total. The molecule has 0 aromatic rings. The Bertz CT molecular complexity index is 166. The van der Waals surface area contributed by atoms with Crippen molar-refractivity contribution < 1.29 is 0 Å². The van der Waals surface area contributed by atoms with Gasteiger partial charge in [0.15, 0.2) is 0 Å². The molecule has 0 amide bonds. The molecule has 0 saturated carbocycles. The van der Waals surface area contributed by atoms with Crippen LogP contribution in [0.3, 0.4) is 0 Å². The molecule has 2 fully saturated rings. The third kappa shape index (κ3) is 2.69. The summed E-state index contributed by atoms with van der Waals surface area (Å²) in [7, 11) is 2.25. The van der Waals surface area contributed by atoms with E-state index < -0.39 is 0 Å².